The number of ether oxygens (including phenoxy) is 2. The molecule has 1 aliphatic rings. The predicted octanol–water partition coefficient (Wildman–Crippen LogP) is 3.17. The number of hydrogen-bond acceptors (Lipinski definition) is 7. The first-order chi connectivity index (χ1) is 15.6. The highest BCUT2D eigenvalue weighted by molar-refractivity contribution is 5.93. The van der Waals surface area contributed by atoms with Crippen LogP contribution in [0.25, 0.3) is 0 Å². The van der Waals surface area contributed by atoms with Gasteiger partial charge >= 0.3 is 6.09 Å². The fourth-order valence-electron chi connectivity index (χ4n) is 3.10. The van der Waals surface area contributed by atoms with Crippen molar-refractivity contribution in [1.29, 1.82) is 0 Å². The van der Waals surface area contributed by atoms with Gasteiger partial charge in [0.2, 0.25) is 5.91 Å². The summed E-state index contributed by atoms with van der Waals surface area (Å²) in [6.07, 6.45) is 4.50. The smallest absolute Gasteiger partial charge is 0.413 e. The molecule has 1 aromatic heterocycles. The predicted molar refractivity (Wildman–Crippen MR) is 118 cm³/mol. The third-order valence-corrected chi connectivity index (χ3v) is 5.06. The lowest BCUT2D eigenvalue weighted by atomic mass is 10.2. The molecule has 9 heteroatoms. The summed E-state index contributed by atoms with van der Waals surface area (Å²) >= 11 is 0. The topological polar surface area (TPSA) is 114 Å². The zero-order chi connectivity index (χ0) is 22.4. The summed E-state index contributed by atoms with van der Waals surface area (Å²) in [5.74, 6) is 0.774. The number of benzene rings is 2. The van der Waals surface area contributed by atoms with Crippen LogP contribution in [0.15, 0.2) is 67.3 Å². The number of rotatable bonds is 8. The number of hydrogen-bond donors (Lipinski definition) is 3. The molecule has 4 rings (SSSR count). The molecule has 2 amide bonds. The van der Waals surface area contributed by atoms with E-state index in [1.54, 1.807) is 7.11 Å². The van der Waals surface area contributed by atoms with Crippen LogP contribution in [0.1, 0.15) is 18.4 Å². The van der Waals surface area contributed by atoms with Gasteiger partial charge in [0.1, 0.15) is 17.6 Å². The van der Waals surface area contributed by atoms with Crippen LogP contribution < -0.4 is 25.4 Å². The molecule has 3 aromatic rings. The lowest BCUT2D eigenvalue weighted by Crippen LogP contribution is -2.49. The summed E-state index contributed by atoms with van der Waals surface area (Å²) in [5, 5.41) is 8.84. The number of amides is 2. The Hall–Kier alpha value is -4.14. The number of methoxy groups -OCH3 is 1. The van der Waals surface area contributed by atoms with Gasteiger partial charge in [-0.05, 0) is 54.8 Å². The van der Waals surface area contributed by atoms with Crippen LogP contribution in [0, 0.1) is 0 Å². The van der Waals surface area contributed by atoms with Gasteiger partial charge in [0.25, 0.3) is 0 Å². The van der Waals surface area contributed by atoms with E-state index < -0.39 is 11.6 Å². The first-order valence-corrected chi connectivity index (χ1v) is 10.1. The Morgan fingerprint density at radius 1 is 0.938 bits per heavy atom. The van der Waals surface area contributed by atoms with Crippen LogP contribution in [-0.2, 0) is 11.3 Å². The van der Waals surface area contributed by atoms with Crippen molar-refractivity contribution in [2.75, 3.05) is 12.4 Å². The van der Waals surface area contributed by atoms with Gasteiger partial charge in [0.15, 0.2) is 5.75 Å². The highest BCUT2D eigenvalue weighted by atomic mass is 16.6. The van der Waals surface area contributed by atoms with Crippen LogP contribution in [0.5, 0.6) is 11.5 Å². The number of carbonyl (C=O) groups excluding carboxylic acids is 2. The molecule has 0 bridgehead atoms. The summed E-state index contributed by atoms with van der Waals surface area (Å²) in [6, 6.07) is 15.4. The van der Waals surface area contributed by atoms with Gasteiger partial charge in [-0.15, -0.1) is 0 Å². The Morgan fingerprint density at radius 2 is 1.56 bits per heavy atom. The van der Waals surface area contributed by atoms with Crippen LogP contribution in [-0.4, -0.2) is 34.6 Å². The van der Waals surface area contributed by atoms with Crippen LogP contribution >= 0.6 is 0 Å². The normalized spacial score (nSPS) is 13.5. The van der Waals surface area contributed by atoms with Crippen LogP contribution in [0.3, 0.4) is 0 Å². The maximum Gasteiger partial charge on any atom is 0.413 e. The number of anilines is 2. The molecule has 0 spiro atoms. The van der Waals surface area contributed by atoms with Gasteiger partial charge in [-0.25, -0.2) is 14.8 Å². The number of nitrogens with one attached hydrogen (secondary N) is 3. The summed E-state index contributed by atoms with van der Waals surface area (Å²) in [6.45, 7) is 0.354. The van der Waals surface area contributed by atoms with Crippen molar-refractivity contribution in [3.05, 3.63) is 72.8 Å². The second-order valence-electron chi connectivity index (χ2n) is 7.40. The molecule has 2 aromatic carbocycles. The molecule has 3 N–H and O–H groups in total. The lowest BCUT2D eigenvalue weighted by molar-refractivity contribution is -0.124. The zero-order valence-corrected chi connectivity index (χ0v) is 17.5. The maximum atomic E-state index is 12.6. The van der Waals surface area contributed by atoms with E-state index in [4.69, 9.17) is 9.47 Å². The molecule has 1 aliphatic carbocycles. The minimum Gasteiger partial charge on any atom is -0.497 e. The highest BCUT2D eigenvalue weighted by Crippen LogP contribution is 2.35. The third kappa shape index (κ3) is 5.31. The quantitative estimate of drug-likeness (QED) is 0.500. The van der Waals surface area contributed by atoms with Crippen molar-refractivity contribution in [3.8, 4) is 11.5 Å². The number of carbonyl (C=O) groups is 2. The molecule has 0 atom stereocenters. The van der Waals surface area contributed by atoms with Gasteiger partial charge < -0.3 is 25.4 Å². The molecular weight excluding hydrogens is 410 g/mol. The van der Waals surface area contributed by atoms with E-state index >= 15 is 0 Å². The van der Waals surface area contributed by atoms with Crippen molar-refractivity contribution >= 4 is 23.4 Å². The SMILES string of the molecule is COc1ccc(Nc2ccc(CNC(=O)C3(NC(=O)Oc4cncnc4)CC3)cc2)cc1. The molecule has 1 fully saturated rings. The Bertz CT molecular complexity index is 1070. The minimum atomic E-state index is -0.928. The number of aromatic nitrogens is 2. The average molecular weight is 433 g/mol. The van der Waals surface area contributed by atoms with Gasteiger partial charge in [-0.3, -0.25) is 4.79 Å². The monoisotopic (exact) mass is 433 g/mol. The van der Waals surface area contributed by atoms with Crippen molar-refractivity contribution in [2.24, 2.45) is 0 Å². The van der Waals surface area contributed by atoms with Gasteiger partial charge in [0, 0.05) is 17.9 Å². The van der Waals surface area contributed by atoms with Crippen molar-refractivity contribution in [2.45, 2.75) is 24.9 Å². The van der Waals surface area contributed by atoms with Crippen LogP contribution in [0.2, 0.25) is 0 Å². The summed E-state index contributed by atoms with van der Waals surface area (Å²) < 4.78 is 10.3. The molecule has 0 saturated heterocycles. The zero-order valence-electron chi connectivity index (χ0n) is 17.5. The Labute approximate surface area is 185 Å². The van der Waals surface area contributed by atoms with E-state index in [-0.39, 0.29) is 11.7 Å². The number of nitrogens with zero attached hydrogens (tertiary/aromatic N) is 2. The third-order valence-electron chi connectivity index (χ3n) is 5.06. The average Bonchev–Trinajstić information content (AvgIpc) is 3.60. The van der Waals surface area contributed by atoms with Gasteiger partial charge in [0.05, 0.1) is 19.5 Å². The fraction of sp³-hybridized carbons (Fsp3) is 0.217. The Kier molecular flexibility index (Phi) is 6.16. The van der Waals surface area contributed by atoms with E-state index in [1.165, 1.54) is 18.7 Å². The van der Waals surface area contributed by atoms with Crippen LogP contribution in [0.4, 0.5) is 16.2 Å². The molecule has 164 valence electrons. The standard InChI is InChI=1S/C23H23N5O4/c1-31-19-8-6-18(7-9-19)27-17-4-2-16(3-5-17)12-26-21(29)23(10-11-23)28-22(30)32-20-13-24-15-25-14-20/h2-9,13-15,27H,10-12H2,1H3,(H,26,29)(H,28,30). The van der Waals surface area contributed by atoms with E-state index in [0.29, 0.717) is 19.4 Å². The second kappa shape index (κ2) is 9.34. The summed E-state index contributed by atoms with van der Waals surface area (Å²) in [5.41, 5.74) is 1.89. The molecular formula is C23H23N5O4. The molecule has 1 heterocycles. The van der Waals surface area contributed by atoms with Crippen molar-refractivity contribution < 1.29 is 19.1 Å². The van der Waals surface area contributed by atoms with E-state index in [1.807, 2.05) is 48.5 Å². The molecule has 0 radical (unpaired) electrons. The Morgan fingerprint density at radius 3 is 2.16 bits per heavy atom. The molecule has 0 aliphatic heterocycles. The summed E-state index contributed by atoms with van der Waals surface area (Å²) in [7, 11) is 1.63. The second-order valence-corrected chi connectivity index (χ2v) is 7.40. The van der Waals surface area contributed by atoms with E-state index in [2.05, 4.69) is 25.9 Å². The first-order valence-electron chi connectivity index (χ1n) is 10.1. The van der Waals surface area contributed by atoms with E-state index in [9.17, 15) is 9.59 Å². The largest absolute Gasteiger partial charge is 0.497 e. The molecule has 1 saturated carbocycles. The molecule has 0 unspecified atom stereocenters. The lowest BCUT2D eigenvalue weighted by Gasteiger charge is -2.17. The minimum absolute atomic E-state index is 0.213. The van der Waals surface area contributed by atoms with Crippen molar-refractivity contribution in [3.63, 3.8) is 0 Å². The van der Waals surface area contributed by atoms with Gasteiger partial charge in [-0.2, -0.15) is 0 Å². The summed E-state index contributed by atoms with van der Waals surface area (Å²) in [4.78, 5) is 32.3. The molecule has 32 heavy (non-hydrogen) atoms. The highest BCUT2D eigenvalue weighted by Gasteiger charge is 2.51. The van der Waals surface area contributed by atoms with Crippen molar-refractivity contribution in [1.82, 2.24) is 20.6 Å². The van der Waals surface area contributed by atoms with Gasteiger partial charge in [-0.1, -0.05) is 12.1 Å². The Balaban J connectivity index is 1.26. The van der Waals surface area contributed by atoms with E-state index in [0.717, 1.165) is 22.7 Å². The first kappa shape index (κ1) is 21.1. The molecule has 9 nitrogen and oxygen atoms in total. The fourth-order valence-corrected chi connectivity index (χ4v) is 3.10. The maximum absolute atomic E-state index is 12.6.